The van der Waals surface area contributed by atoms with Crippen LogP contribution < -0.4 is 11.2 Å². The average Bonchev–Trinajstić information content (AvgIpc) is 2.38. The molecule has 1 aliphatic rings. The summed E-state index contributed by atoms with van der Waals surface area (Å²) in [6.45, 7) is 0.596. The Labute approximate surface area is 109 Å². The fourth-order valence-electron chi connectivity index (χ4n) is 2.46. The zero-order valence-electron chi connectivity index (χ0n) is 10.5. The van der Waals surface area contributed by atoms with E-state index in [0.717, 1.165) is 25.3 Å². The van der Waals surface area contributed by atoms with Crippen LogP contribution in [0.25, 0.3) is 0 Å². The highest BCUT2D eigenvalue weighted by Crippen LogP contribution is 2.20. The molecule has 0 aliphatic carbocycles. The summed E-state index contributed by atoms with van der Waals surface area (Å²) < 4.78 is 0. The summed E-state index contributed by atoms with van der Waals surface area (Å²) in [6, 6.07) is 1.06. The standard InChI is InChI=1S/C12H17N3O4/c16-6-4-8-3-1-2-5-15(8)11(18)9-7-10(17)14-12(19)13-9/h7-8,16H,1-6H2,(H2,13,14,17,19). The van der Waals surface area contributed by atoms with E-state index < -0.39 is 11.2 Å². The second kappa shape index (κ2) is 5.83. The number of amides is 1. The van der Waals surface area contributed by atoms with Crippen LogP contribution in [-0.4, -0.2) is 45.1 Å². The summed E-state index contributed by atoms with van der Waals surface area (Å²) >= 11 is 0. The van der Waals surface area contributed by atoms with Gasteiger partial charge in [-0.3, -0.25) is 14.6 Å². The molecule has 1 saturated heterocycles. The molecule has 2 heterocycles. The fourth-order valence-corrected chi connectivity index (χ4v) is 2.46. The minimum absolute atomic E-state index is 0.00131. The van der Waals surface area contributed by atoms with Gasteiger partial charge in [0.25, 0.3) is 11.5 Å². The Morgan fingerprint density at radius 1 is 1.37 bits per heavy atom. The largest absolute Gasteiger partial charge is 0.396 e. The molecule has 1 aliphatic heterocycles. The third-order valence-corrected chi connectivity index (χ3v) is 3.34. The number of carbonyl (C=O) groups excluding carboxylic acids is 1. The van der Waals surface area contributed by atoms with Gasteiger partial charge in [-0.25, -0.2) is 4.79 Å². The van der Waals surface area contributed by atoms with Crippen LogP contribution in [0, 0.1) is 0 Å². The highest BCUT2D eigenvalue weighted by atomic mass is 16.3. The van der Waals surface area contributed by atoms with Gasteiger partial charge in [0.15, 0.2) is 0 Å². The molecule has 0 aromatic carbocycles. The van der Waals surface area contributed by atoms with Gasteiger partial charge in [-0.2, -0.15) is 0 Å². The van der Waals surface area contributed by atoms with Crippen LogP contribution in [0.2, 0.25) is 0 Å². The monoisotopic (exact) mass is 267 g/mol. The first-order valence-corrected chi connectivity index (χ1v) is 6.37. The molecule has 1 unspecified atom stereocenters. The predicted molar refractivity (Wildman–Crippen MR) is 68.1 cm³/mol. The van der Waals surface area contributed by atoms with Crippen LogP contribution in [0.5, 0.6) is 0 Å². The molecule has 2 rings (SSSR count). The number of piperidine rings is 1. The Balaban J connectivity index is 2.25. The van der Waals surface area contributed by atoms with E-state index in [-0.39, 0.29) is 24.2 Å². The maximum Gasteiger partial charge on any atom is 0.326 e. The first kappa shape index (κ1) is 13.5. The topological polar surface area (TPSA) is 106 Å². The number of likely N-dealkylation sites (tertiary alicyclic amines) is 1. The SMILES string of the molecule is O=C(c1cc(=O)[nH]c(=O)[nH]1)N1CCCCC1CCO. The smallest absolute Gasteiger partial charge is 0.326 e. The summed E-state index contributed by atoms with van der Waals surface area (Å²) in [4.78, 5) is 40.7. The summed E-state index contributed by atoms with van der Waals surface area (Å²) in [6.07, 6.45) is 3.25. The highest BCUT2D eigenvalue weighted by molar-refractivity contribution is 5.92. The van der Waals surface area contributed by atoms with Crippen molar-refractivity contribution in [3.05, 3.63) is 32.6 Å². The molecule has 1 aromatic rings. The van der Waals surface area contributed by atoms with Crippen molar-refractivity contribution in [1.82, 2.24) is 14.9 Å². The summed E-state index contributed by atoms with van der Waals surface area (Å²) in [7, 11) is 0. The van der Waals surface area contributed by atoms with Crippen molar-refractivity contribution < 1.29 is 9.90 Å². The van der Waals surface area contributed by atoms with E-state index in [1.54, 1.807) is 4.90 Å². The lowest BCUT2D eigenvalue weighted by molar-refractivity contribution is 0.0568. The molecule has 1 fully saturated rings. The zero-order chi connectivity index (χ0) is 13.8. The van der Waals surface area contributed by atoms with Gasteiger partial charge in [-0.15, -0.1) is 0 Å². The maximum absolute atomic E-state index is 12.3. The average molecular weight is 267 g/mol. The number of hydrogen-bond donors (Lipinski definition) is 3. The lowest BCUT2D eigenvalue weighted by Crippen LogP contribution is -2.45. The van der Waals surface area contributed by atoms with E-state index in [1.807, 2.05) is 4.98 Å². The van der Waals surface area contributed by atoms with E-state index >= 15 is 0 Å². The van der Waals surface area contributed by atoms with Crippen molar-refractivity contribution in [1.29, 1.82) is 0 Å². The molecule has 0 bridgehead atoms. The molecule has 1 aromatic heterocycles. The Hall–Kier alpha value is -1.89. The molecule has 104 valence electrons. The third-order valence-electron chi connectivity index (χ3n) is 3.34. The van der Waals surface area contributed by atoms with Gasteiger partial charge in [0.2, 0.25) is 0 Å². The summed E-state index contributed by atoms with van der Waals surface area (Å²) in [5.74, 6) is -0.360. The summed E-state index contributed by atoms with van der Waals surface area (Å²) in [5.41, 5.74) is -1.28. The number of rotatable bonds is 3. The lowest BCUT2D eigenvalue weighted by atomic mass is 9.99. The normalized spacial score (nSPS) is 19.4. The number of hydrogen-bond acceptors (Lipinski definition) is 4. The zero-order valence-corrected chi connectivity index (χ0v) is 10.5. The molecular formula is C12H17N3O4. The van der Waals surface area contributed by atoms with Crippen LogP contribution in [0.4, 0.5) is 0 Å². The van der Waals surface area contributed by atoms with Gasteiger partial charge in [-0.05, 0) is 25.7 Å². The molecule has 0 radical (unpaired) electrons. The van der Waals surface area contributed by atoms with Crippen LogP contribution in [0.3, 0.4) is 0 Å². The fraction of sp³-hybridized carbons (Fsp3) is 0.583. The van der Waals surface area contributed by atoms with E-state index in [2.05, 4.69) is 4.98 Å². The lowest BCUT2D eigenvalue weighted by Gasteiger charge is -2.35. The number of H-pyrrole nitrogens is 2. The van der Waals surface area contributed by atoms with Gasteiger partial charge in [0.1, 0.15) is 5.69 Å². The highest BCUT2D eigenvalue weighted by Gasteiger charge is 2.27. The number of carbonyl (C=O) groups is 1. The molecule has 3 N–H and O–H groups in total. The molecule has 0 spiro atoms. The van der Waals surface area contributed by atoms with Crippen LogP contribution in [-0.2, 0) is 0 Å². The minimum Gasteiger partial charge on any atom is -0.396 e. The van der Waals surface area contributed by atoms with Crippen LogP contribution in [0.15, 0.2) is 15.7 Å². The van der Waals surface area contributed by atoms with Crippen molar-refractivity contribution in [3.8, 4) is 0 Å². The number of nitrogens with one attached hydrogen (secondary N) is 2. The van der Waals surface area contributed by atoms with Crippen LogP contribution in [0.1, 0.15) is 36.2 Å². The molecule has 0 saturated carbocycles. The van der Waals surface area contributed by atoms with Crippen molar-refractivity contribution in [3.63, 3.8) is 0 Å². The minimum atomic E-state index is -0.688. The predicted octanol–water partition coefficient (Wildman–Crippen LogP) is -0.560. The Bertz CT molecular complexity index is 532. The van der Waals surface area contributed by atoms with Crippen molar-refractivity contribution >= 4 is 5.91 Å². The molecular weight excluding hydrogens is 250 g/mol. The van der Waals surface area contributed by atoms with E-state index in [0.29, 0.717) is 13.0 Å². The van der Waals surface area contributed by atoms with Crippen molar-refractivity contribution in [2.45, 2.75) is 31.7 Å². The number of aliphatic hydroxyl groups excluding tert-OH is 1. The Kier molecular flexibility index (Phi) is 4.16. The van der Waals surface area contributed by atoms with Crippen molar-refractivity contribution in [2.75, 3.05) is 13.2 Å². The van der Waals surface area contributed by atoms with Crippen LogP contribution >= 0.6 is 0 Å². The van der Waals surface area contributed by atoms with Gasteiger partial charge in [-0.1, -0.05) is 0 Å². The number of aliphatic hydroxyl groups is 1. The van der Waals surface area contributed by atoms with Gasteiger partial charge >= 0.3 is 5.69 Å². The number of aromatic nitrogens is 2. The maximum atomic E-state index is 12.3. The van der Waals surface area contributed by atoms with E-state index in [1.165, 1.54) is 0 Å². The number of nitrogens with zero attached hydrogens (tertiary/aromatic N) is 1. The number of aromatic amines is 2. The Morgan fingerprint density at radius 2 is 2.16 bits per heavy atom. The third kappa shape index (κ3) is 3.11. The second-order valence-electron chi connectivity index (χ2n) is 4.66. The first-order chi connectivity index (χ1) is 9.11. The molecule has 1 amide bonds. The molecule has 7 nitrogen and oxygen atoms in total. The quantitative estimate of drug-likeness (QED) is 0.682. The second-order valence-corrected chi connectivity index (χ2v) is 4.66. The Morgan fingerprint density at radius 3 is 2.84 bits per heavy atom. The molecule has 1 atom stereocenters. The van der Waals surface area contributed by atoms with E-state index in [9.17, 15) is 14.4 Å². The van der Waals surface area contributed by atoms with Crippen molar-refractivity contribution in [2.24, 2.45) is 0 Å². The van der Waals surface area contributed by atoms with Gasteiger partial charge in [0, 0.05) is 25.3 Å². The van der Waals surface area contributed by atoms with Gasteiger partial charge < -0.3 is 15.0 Å². The molecule has 19 heavy (non-hydrogen) atoms. The summed E-state index contributed by atoms with van der Waals surface area (Å²) in [5, 5.41) is 9.03. The molecule has 7 heteroatoms. The first-order valence-electron chi connectivity index (χ1n) is 6.37. The van der Waals surface area contributed by atoms with Gasteiger partial charge in [0.05, 0.1) is 0 Å². The van der Waals surface area contributed by atoms with E-state index in [4.69, 9.17) is 5.11 Å².